The van der Waals surface area contributed by atoms with Crippen molar-refractivity contribution in [1.29, 1.82) is 0 Å². The molecule has 4 rings (SSSR count). The van der Waals surface area contributed by atoms with Crippen molar-refractivity contribution in [2.24, 2.45) is 0 Å². The third-order valence-corrected chi connectivity index (χ3v) is 6.06. The molecule has 0 fully saturated rings. The first-order valence-electron chi connectivity index (χ1n) is 9.20. The zero-order valence-electron chi connectivity index (χ0n) is 15.5. The smallest absolute Gasteiger partial charge is 0.341 e. The lowest BCUT2D eigenvalue weighted by Gasteiger charge is -2.21. The van der Waals surface area contributed by atoms with E-state index in [2.05, 4.69) is 22.3 Å². The second kappa shape index (κ2) is 8.12. The average Bonchev–Trinajstić information content (AvgIpc) is 3.33. The first kappa shape index (κ1) is 18.7. The molecule has 1 aliphatic heterocycles. The Labute approximate surface area is 173 Å². The number of hydrogen-bond donors (Lipinski definition) is 1. The Hall–Kier alpha value is -2.70. The van der Waals surface area contributed by atoms with Crippen LogP contribution in [0.4, 0.5) is 10.7 Å². The zero-order chi connectivity index (χ0) is 19.5. The van der Waals surface area contributed by atoms with Gasteiger partial charge in [-0.15, -0.1) is 11.3 Å². The van der Waals surface area contributed by atoms with Gasteiger partial charge in [0, 0.05) is 17.1 Å². The second-order valence-corrected chi connectivity index (χ2v) is 7.84. The van der Waals surface area contributed by atoms with Gasteiger partial charge in [0.15, 0.2) is 5.11 Å². The fourth-order valence-electron chi connectivity index (χ4n) is 3.30. The van der Waals surface area contributed by atoms with Gasteiger partial charge in [0.25, 0.3) is 0 Å². The minimum atomic E-state index is -0.340. The number of ether oxygens (including phenoxy) is 1. The van der Waals surface area contributed by atoms with E-state index in [0.717, 1.165) is 29.1 Å². The Balaban J connectivity index is 1.64. The summed E-state index contributed by atoms with van der Waals surface area (Å²) in [4.78, 5) is 15.6. The molecule has 0 saturated carbocycles. The number of para-hydroxylation sites is 1. The molecule has 1 N–H and O–H groups in total. The van der Waals surface area contributed by atoms with Crippen molar-refractivity contribution in [2.45, 2.75) is 13.3 Å². The number of anilines is 2. The fourth-order valence-corrected chi connectivity index (χ4v) is 4.71. The van der Waals surface area contributed by atoms with Gasteiger partial charge in [-0.25, -0.2) is 4.79 Å². The summed E-state index contributed by atoms with van der Waals surface area (Å²) in [6.07, 6.45) is 0.961. The minimum Gasteiger partial charge on any atom is -0.462 e. The number of carbonyl (C=O) groups is 1. The Morgan fingerprint density at radius 1 is 1.18 bits per heavy atom. The van der Waals surface area contributed by atoms with Crippen molar-refractivity contribution in [1.82, 2.24) is 0 Å². The van der Waals surface area contributed by atoms with E-state index in [1.807, 2.05) is 48.5 Å². The number of benzene rings is 2. The molecule has 142 valence electrons. The van der Waals surface area contributed by atoms with Crippen molar-refractivity contribution >= 4 is 45.3 Å². The van der Waals surface area contributed by atoms with Gasteiger partial charge < -0.3 is 15.0 Å². The summed E-state index contributed by atoms with van der Waals surface area (Å²) in [6, 6.07) is 20.1. The number of nitrogens with one attached hydrogen (secondary N) is 1. The third kappa shape index (κ3) is 3.66. The maximum Gasteiger partial charge on any atom is 0.341 e. The molecule has 4 nitrogen and oxygen atoms in total. The van der Waals surface area contributed by atoms with Crippen LogP contribution < -0.4 is 10.2 Å². The quantitative estimate of drug-likeness (QED) is 0.465. The van der Waals surface area contributed by atoms with Crippen LogP contribution in [0.1, 0.15) is 22.8 Å². The molecule has 0 amide bonds. The third-order valence-electron chi connectivity index (χ3n) is 4.64. The van der Waals surface area contributed by atoms with E-state index >= 15 is 0 Å². The summed E-state index contributed by atoms with van der Waals surface area (Å²) in [7, 11) is 0. The Kier molecular flexibility index (Phi) is 5.41. The van der Waals surface area contributed by atoms with Gasteiger partial charge in [0.05, 0.1) is 12.2 Å². The van der Waals surface area contributed by atoms with Crippen LogP contribution >= 0.6 is 23.6 Å². The largest absolute Gasteiger partial charge is 0.462 e. The molecule has 0 aliphatic carbocycles. The lowest BCUT2D eigenvalue weighted by Crippen LogP contribution is -2.33. The zero-order valence-corrected chi connectivity index (χ0v) is 17.1. The van der Waals surface area contributed by atoms with Gasteiger partial charge in [0.1, 0.15) is 5.00 Å². The van der Waals surface area contributed by atoms with E-state index in [1.54, 1.807) is 6.92 Å². The number of thiophene rings is 1. The summed E-state index contributed by atoms with van der Waals surface area (Å²) >= 11 is 7.19. The highest BCUT2D eigenvalue weighted by atomic mass is 32.1. The molecule has 2 aromatic carbocycles. The number of fused-ring (bicyclic) bond motifs is 1. The van der Waals surface area contributed by atoms with E-state index in [-0.39, 0.29) is 5.97 Å². The molecule has 0 bridgehead atoms. The number of rotatable bonds is 4. The summed E-state index contributed by atoms with van der Waals surface area (Å²) in [5.41, 5.74) is 3.98. The Bertz CT molecular complexity index is 1010. The summed E-state index contributed by atoms with van der Waals surface area (Å²) in [5, 5.41) is 4.61. The summed E-state index contributed by atoms with van der Waals surface area (Å²) < 4.78 is 5.25. The Morgan fingerprint density at radius 2 is 1.93 bits per heavy atom. The highest BCUT2D eigenvalue weighted by Gasteiger charge is 2.24. The summed E-state index contributed by atoms with van der Waals surface area (Å²) in [6.45, 7) is 2.97. The molecule has 6 heteroatoms. The number of esters is 1. The van der Waals surface area contributed by atoms with Crippen molar-refractivity contribution in [3.8, 4) is 10.4 Å². The second-order valence-electron chi connectivity index (χ2n) is 6.40. The molecule has 0 unspecified atom stereocenters. The van der Waals surface area contributed by atoms with Gasteiger partial charge in [-0.3, -0.25) is 0 Å². The molecule has 0 radical (unpaired) electrons. The number of carbonyl (C=O) groups excluding carboxylic acids is 1. The van der Waals surface area contributed by atoms with E-state index in [0.29, 0.717) is 22.3 Å². The molecule has 28 heavy (non-hydrogen) atoms. The highest BCUT2D eigenvalue weighted by Crippen LogP contribution is 2.37. The van der Waals surface area contributed by atoms with Crippen molar-refractivity contribution in [3.05, 3.63) is 71.8 Å². The van der Waals surface area contributed by atoms with E-state index in [9.17, 15) is 4.79 Å². The number of hydrogen-bond acceptors (Lipinski definition) is 4. The van der Waals surface area contributed by atoms with Crippen LogP contribution in [0.2, 0.25) is 0 Å². The topological polar surface area (TPSA) is 41.6 Å². The first-order valence-corrected chi connectivity index (χ1v) is 10.4. The number of thiocarbonyl (C=S) groups is 1. The van der Waals surface area contributed by atoms with Crippen molar-refractivity contribution in [2.75, 3.05) is 23.4 Å². The fraction of sp³-hybridized carbons (Fsp3) is 0.182. The van der Waals surface area contributed by atoms with E-state index < -0.39 is 0 Å². The highest BCUT2D eigenvalue weighted by molar-refractivity contribution is 7.80. The molecule has 0 saturated heterocycles. The first-order chi connectivity index (χ1) is 13.7. The summed E-state index contributed by atoms with van der Waals surface area (Å²) in [5.74, 6) is -0.340. The van der Waals surface area contributed by atoms with Crippen LogP contribution in [0.15, 0.2) is 60.7 Å². The van der Waals surface area contributed by atoms with Crippen LogP contribution in [0.3, 0.4) is 0 Å². The average molecular weight is 409 g/mol. The van der Waals surface area contributed by atoms with Gasteiger partial charge in [-0.2, -0.15) is 0 Å². The molecule has 0 atom stereocenters. The maximum atomic E-state index is 12.5. The van der Waals surface area contributed by atoms with Crippen LogP contribution in [0, 0.1) is 0 Å². The molecule has 0 spiro atoms. The van der Waals surface area contributed by atoms with E-state index in [1.165, 1.54) is 16.9 Å². The van der Waals surface area contributed by atoms with E-state index in [4.69, 9.17) is 17.0 Å². The minimum absolute atomic E-state index is 0.332. The molecule has 3 aromatic rings. The Morgan fingerprint density at radius 3 is 2.71 bits per heavy atom. The molecular formula is C22H20N2O2S2. The van der Waals surface area contributed by atoms with Crippen molar-refractivity contribution in [3.63, 3.8) is 0 Å². The molecule has 1 aliphatic rings. The lowest BCUT2D eigenvalue weighted by molar-refractivity contribution is 0.0528. The van der Waals surface area contributed by atoms with Crippen LogP contribution in [-0.4, -0.2) is 24.2 Å². The van der Waals surface area contributed by atoms with Gasteiger partial charge in [-0.1, -0.05) is 48.5 Å². The standard InChI is InChI=1S/C22H20N2O2S2/c1-2-26-21(25)17-14-19(16-9-4-3-5-10-16)28-20(17)23-22(27)24-13-12-15-8-6-7-11-18(15)24/h3-11,14H,2,12-13H2,1H3,(H,23,27). The SMILES string of the molecule is CCOC(=O)c1cc(-c2ccccc2)sc1NC(=S)N1CCc2ccccc21. The van der Waals surface area contributed by atoms with Gasteiger partial charge >= 0.3 is 5.97 Å². The maximum absolute atomic E-state index is 12.5. The number of nitrogens with zero attached hydrogens (tertiary/aromatic N) is 1. The molecule has 2 heterocycles. The molecular weight excluding hydrogens is 388 g/mol. The normalized spacial score (nSPS) is 12.5. The van der Waals surface area contributed by atoms with Crippen molar-refractivity contribution < 1.29 is 9.53 Å². The van der Waals surface area contributed by atoms with Gasteiger partial charge in [-0.05, 0) is 48.8 Å². The van der Waals surface area contributed by atoms with Crippen LogP contribution in [-0.2, 0) is 11.2 Å². The lowest BCUT2D eigenvalue weighted by atomic mass is 10.1. The molecule has 1 aromatic heterocycles. The predicted molar refractivity (Wildman–Crippen MR) is 119 cm³/mol. The predicted octanol–water partition coefficient (Wildman–Crippen LogP) is 5.35. The monoisotopic (exact) mass is 408 g/mol. The van der Waals surface area contributed by atoms with Crippen LogP contribution in [0.25, 0.3) is 10.4 Å². The van der Waals surface area contributed by atoms with Crippen LogP contribution in [0.5, 0.6) is 0 Å². The van der Waals surface area contributed by atoms with Gasteiger partial charge in [0.2, 0.25) is 0 Å².